The number of nitrogens with one attached hydrogen (secondary N) is 1. The van der Waals surface area contributed by atoms with Crippen LogP contribution in [0.4, 0.5) is 0 Å². The molecule has 1 N–H and O–H groups in total. The molecule has 1 amide bonds. The summed E-state index contributed by atoms with van der Waals surface area (Å²) >= 11 is 0. The SMILES string of the molecule is Cc1cc(/C=C(\C#N)C(=O)NC(C)C)c(C)n1Cc1ccco1. The van der Waals surface area contributed by atoms with Crippen LogP contribution in [-0.4, -0.2) is 16.5 Å². The largest absolute Gasteiger partial charge is 0.467 e. The minimum absolute atomic E-state index is 0.00867. The van der Waals surface area contributed by atoms with Crippen molar-refractivity contribution in [2.75, 3.05) is 0 Å². The van der Waals surface area contributed by atoms with Crippen molar-refractivity contribution in [3.05, 3.63) is 52.7 Å². The lowest BCUT2D eigenvalue weighted by atomic mass is 10.1. The first-order valence-corrected chi connectivity index (χ1v) is 7.54. The first-order chi connectivity index (χ1) is 10.9. The lowest BCUT2D eigenvalue weighted by molar-refractivity contribution is -0.117. The summed E-state index contributed by atoms with van der Waals surface area (Å²) in [5.41, 5.74) is 3.01. The van der Waals surface area contributed by atoms with E-state index in [2.05, 4.69) is 9.88 Å². The van der Waals surface area contributed by atoms with Gasteiger partial charge in [0.1, 0.15) is 17.4 Å². The topological polar surface area (TPSA) is 71.0 Å². The number of furan rings is 1. The molecule has 2 heterocycles. The van der Waals surface area contributed by atoms with E-state index in [-0.39, 0.29) is 17.5 Å². The molecule has 0 aliphatic rings. The van der Waals surface area contributed by atoms with E-state index in [0.717, 1.165) is 22.7 Å². The van der Waals surface area contributed by atoms with Crippen LogP contribution >= 0.6 is 0 Å². The molecule has 0 aliphatic carbocycles. The third-order valence-electron chi connectivity index (χ3n) is 3.59. The Balaban J connectivity index is 2.31. The lowest BCUT2D eigenvalue weighted by Crippen LogP contribution is -2.30. The number of amides is 1. The molecule has 2 aromatic rings. The summed E-state index contributed by atoms with van der Waals surface area (Å²) in [4.78, 5) is 12.0. The quantitative estimate of drug-likeness (QED) is 0.681. The number of aryl methyl sites for hydroxylation is 1. The molecule has 2 rings (SSSR count). The molecule has 0 saturated heterocycles. The van der Waals surface area contributed by atoms with Crippen molar-refractivity contribution in [2.45, 2.75) is 40.3 Å². The summed E-state index contributed by atoms with van der Waals surface area (Å²) < 4.78 is 7.49. The van der Waals surface area contributed by atoms with Gasteiger partial charge in [-0.15, -0.1) is 0 Å². The average Bonchev–Trinajstić information content (AvgIpc) is 3.08. The molecule has 0 unspecified atom stereocenters. The van der Waals surface area contributed by atoms with Gasteiger partial charge in [0.25, 0.3) is 5.91 Å². The highest BCUT2D eigenvalue weighted by molar-refractivity contribution is 6.01. The van der Waals surface area contributed by atoms with Crippen molar-refractivity contribution in [1.29, 1.82) is 5.26 Å². The molecule has 0 radical (unpaired) electrons. The number of aromatic nitrogens is 1. The van der Waals surface area contributed by atoms with E-state index in [0.29, 0.717) is 6.54 Å². The van der Waals surface area contributed by atoms with E-state index in [4.69, 9.17) is 4.42 Å². The molecule has 0 spiro atoms. The van der Waals surface area contributed by atoms with Crippen molar-refractivity contribution in [3.8, 4) is 6.07 Å². The van der Waals surface area contributed by atoms with Crippen LogP contribution in [0.15, 0.2) is 34.5 Å². The highest BCUT2D eigenvalue weighted by Gasteiger charge is 2.14. The first-order valence-electron chi connectivity index (χ1n) is 7.54. The standard InChI is InChI=1S/C18H21N3O2/c1-12(2)20-18(22)16(10-19)9-15-8-13(3)21(14(15)4)11-17-6-5-7-23-17/h5-9,12H,11H2,1-4H3,(H,20,22)/b16-9+. The zero-order valence-corrected chi connectivity index (χ0v) is 13.9. The van der Waals surface area contributed by atoms with Crippen LogP contribution in [0.2, 0.25) is 0 Å². The summed E-state index contributed by atoms with van der Waals surface area (Å²) in [7, 11) is 0. The Bertz CT molecular complexity index is 759. The van der Waals surface area contributed by atoms with Crippen molar-refractivity contribution < 1.29 is 9.21 Å². The Morgan fingerprint density at radius 2 is 2.22 bits per heavy atom. The minimum Gasteiger partial charge on any atom is -0.467 e. The second-order valence-corrected chi connectivity index (χ2v) is 5.79. The molecule has 0 aromatic carbocycles. The van der Waals surface area contributed by atoms with Crippen LogP contribution in [0.25, 0.3) is 6.08 Å². The summed E-state index contributed by atoms with van der Waals surface area (Å²) in [5.74, 6) is 0.513. The van der Waals surface area contributed by atoms with Crippen LogP contribution < -0.4 is 5.32 Å². The molecule has 120 valence electrons. The molecular weight excluding hydrogens is 290 g/mol. The molecule has 0 atom stereocenters. The molecule has 0 fully saturated rings. The molecule has 0 saturated carbocycles. The van der Waals surface area contributed by atoms with E-state index in [1.165, 1.54) is 0 Å². The van der Waals surface area contributed by atoms with Gasteiger partial charge < -0.3 is 14.3 Å². The number of hydrogen-bond acceptors (Lipinski definition) is 3. The van der Waals surface area contributed by atoms with Gasteiger partial charge in [0, 0.05) is 17.4 Å². The van der Waals surface area contributed by atoms with Gasteiger partial charge in [0.15, 0.2) is 0 Å². The maximum atomic E-state index is 12.0. The van der Waals surface area contributed by atoms with Gasteiger partial charge in [-0.2, -0.15) is 5.26 Å². The van der Waals surface area contributed by atoms with Crippen LogP contribution in [-0.2, 0) is 11.3 Å². The van der Waals surface area contributed by atoms with E-state index in [1.54, 1.807) is 12.3 Å². The van der Waals surface area contributed by atoms with Crippen molar-refractivity contribution in [1.82, 2.24) is 9.88 Å². The van der Waals surface area contributed by atoms with E-state index < -0.39 is 0 Å². The zero-order chi connectivity index (χ0) is 17.0. The molecule has 5 heteroatoms. The number of nitrogens with zero attached hydrogens (tertiary/aromatic N) is 2. The summed E-state index contributed by atoms with van der Waals surface area (Å²) in [5, 5.41) is 12.0. The van der Waals surface area contributed by atoms with Crippen LogP contribution in [0, 0.1) is 25.2 Å². The zero-order valence-electron chi connectivity index (χ0n) is 13.9. The smallest absolute Gasteiger partial charge is 0.262 e. The van der Waals surface area contributed by atoms with Crippen LogP contribution in [0.3, 0.4) is 0 Å². The molecule has 2 aromatic heterocycles. The minimum atomic E-state index is -0.349. The van der Waals surface area contributed by atoms with Crippen LogP contribution in [0.5, 0.6) is 0 Å². The van der Waals surface area contributed by atoms with Gasteiger partial charge >= 0.3 is 0 Å². The van der Waals surface area contributed by atoms with Gasteiger partial charge in [-0.25, -0.2) is 0 Å². The number of rotatable bonds is 5. The number of carbonyl (C=O) groups excluding carboxylic acids is 1. The van der Waals surface area contributed by atoms with E-state index >= 15 is 0 Å². The molecule has 23 heavy (non-hydrogen) atoms. The Kier molecular flexibility index (Phi) is 5.07. The third-order valence-corrected chi connectivity index (χ3v) is 3.59. The summed E-state index contributed by atoms with van der Waals surface area (Å²) in [6.07, 6.45) is 3.28. The maximum Gasteiger partial charge on any atom is 0.262 e. The Morgan fingerprint density at radius 1 is 1.48 bits per heavy atom. The van der Waals surface area contributed by atoms with Crippen molar-refractivity contribution in [2.24, 2.45) is 0 Å². The van der Waals surface area contributed by atoms with Gasteiger partial charge in [-0.3, -0.25) is 4.79 Å². The predicted molar refractivity (Wildman–Crippen MR) is 88.6 cm³/mol. The normalized spacial score (nSPS) is 11.6. The fraction of sp³-hybridized carbons (Fsp3) is 0.333. The third kappa shape index (κ3) is 3.92. The van der Waals surface area contributed by atoms with Crippen molar-refractivity contribution >= 4 is 12.0 Å². The van der Waals surface area contributed by atoms with Crippen LogP contribution in [0.1, 0.15) is 36.6 Å². The predicted octanol–water partition coefficient (Wildman–Crippen LogP) is 3.18. The van der Waals surface area contributed by atoms with E-state index in [9.17, 15) is 10.1 Å². The molecule has 0 bridgehead atoms. The first kappa shape index (κ1) is 16.6. The fourth-order valence-electron chi connectivity index (χ4n) is 2.42. The summed E-state index contributed by atoms with van der Waals surface area (Å²) in [6, 6.07) is 7.72. The van der Waals surface area contributed by atoms with E-state index in [1.807, 2.05) is 52.0 Å². The maximum absolute atomic E-state index is 12.0. The molecule has 5 nitrogen and oxygen atoms in total. The highest BCUT2D eigenvalue weighted by atomic mass is 16.3. The van der Waals surface area contributed by atoms with Gasteiger partial charge in [0.2, 0.25) is 0 Å². The second kappa shape index (κ2) is 7.01. The lowest BCUT2D eigenvalue weighted by Gasteiger charge is -2.08. The number of nitriles is 1. The average molecular weight is 311 g/mol. The molecular formula is C18H21N3O2. The fourth-order valence-corrected chi connectivity index (χ4v) is 2.42. The van der Waals surface area contributed by atoms with Gasteiger partial charge in [-0.05, 0) is 57.5 Å². The number of hydrogen-bond donors (Lipinski definition) is 1. The molecule has 0 aliphatic heterocycles. The summed E-state index contributed by atoms with van der Waals surface area (Å²) in [6.45, 7) is 8.31. The highest BCUT2D eigenvalue weighted by Crippen LogP contribution is 2.20. The number of carbonyl (C=O) groups is 1. The Morgan fingerprint density at radius 3 is 2.78 bits per heavy atom. The van der Waals surface area contributed by atoms with Crippen molar-refractivity contribution in [3.63, 3.8) is 0 Å². The monoisotopic (exact) mass is 311 g/mol. The van der Waals surface area contributed by atoms with Gasteiger partial charge in [0.05, 0.1) is 12.8 Å². The van der Waals surface area contributed by atoms with Gasteiger partial charge in [-0.1, -0.05) is 0 Å². The second-order valence-electron chi connectivity index (χ2n) is 5.79. The Hall–Kier alpha value is -2.74. The Labute approximate surface area is 136 Å².